The summed E-state index contributed by atoms with van der Waals surface area (Å²) in [6.45, 7) is 1.99. The highest BCUT2D eigenvalue weighted by Gasteiger charge is 2.48. The zero-order valence-electron chi connectivity index (χ0n) is 10.1. The van der Waals surface area contributed by atoms with Gasteiger partial charge in [-0.3, -0.25) is 0 Å². The summed E-state index contributed by atoms with van der Waals surface area (Å²) in [7, 11) is 0. The molecule has 0 bridgehead atoms. The lowest BCUT2D eigenvalue weighted by Gasteiger charge is -2.26. The van der Waals surface area contributed by atoms with E-state index in [4.69, 9.17) is 0 Å². The lowest BCUT2D eigenvalue weighted by Crippen LogP contribution is -2.56. The Morgan fingerprint density at radius 2 is 2.28 bits per heavy atom. The molecular weight excluding hydrogens is 252 g/mol. The average Bonchev–Trinajstić information content (AvgIpc) is 3.04. The molecule has 0 aliphatic heterocycles. The topological polar surface area (TPSA) is 78.4 Å². The van der Waals surface area contributed by atoms with Crippen LogP contribution in [0.3, 0.4) is 0 Å². The number of hydrogen-bond donors (Lipinski definition) is 3. The third-order valence-corrected chi connectivity index (χ3v) is 4.09. The molecule has 1 aliphatic carbocycles. The van der Waals surface area contributed by atoms with Crippen LogP contribution in [0.1, 0.15) is 24.6 Å². The van der Waals surface area contributed by atoms with Gasteiger partial charge in [0.15, 0.2) is 0 Å². The van der Waals surface area contributed by atoms with Crippen LogP contribution >= 0.6 is 11.3 Å². The smallest absolute Gasteiger partial charge is 0.329 e. The molecule has 0 radical (unpaired) electrons. The van der Waals surface area contributed by atoms with E-state index in [1.54, 1.807) is 18.3 Å². The van der Waals surface area contributed by atoms with E-state index < -0.39 is 17.5 Å². The summed E-state index contributed by atoms with van der Waals surface area (Å²) in [6.07, 6.45) is 1.71. The molecule has 1 aromatic rings. The molecule has 1 heterocycles. The number of carbonyl (C=O) groups is 2. The third-order valence-electron chi connectivity index (χ3n) is 3.21. The van der Waals surface area contributed by atoms with Crippen molar-refractivity contribution < 1.29 is 14.7 Å². The van der Waals surface area contributed by atoms with Crippen molar-refractivity contribution in [1.82, 2.24) is 10.6 Å². The highest BCUT2D eigenvalue weighted by atomic mass is 32.1. The Morgan fingerprint density at radius 1 is 1.56 bits per heavy atom. The standard InChI is InChI=1S/C12H16N2O3S/c1-12(10(15)16,8-4-5-8)14-11(17)13-7-9-3-2-6-18-9/h2-3,6,8H,4-5,7H2,1H3,(H,15,16)(H2,13,14,17). The van der Waals surface area contributed by atoms with E-state index in [2.05, 4.69) is 10.6 Å². The van der Waals surface area contributed by atoms with E-state index in [1.165, 1.54) is 0 Å². The van der Waals surface area contributed by atoms with Gasteiger partial charge in [-0.1, -0.05) is 6.07 Å². The summed E-state index contributed by atoms with van der Waals surface area (Å²) < 4.78 is 0. The van der Waals surface area contributed by atoms with Crippen molar-refractivity contribution in [2.45, 2.75) is 31.8 Å². The van der Waals surface area contributed by atoms with Crippen molar-refractivity contribution in [1.29, 1.82) is 0 Å². The van der Waals surface area contributed by atoms with Gasteiger partial charge in [0, 0.05) is 4.88 Å². The molecular formula is C12H16N2O3S. The molecule has 0 spiro atoms. The Labute approximate surface area is 109 Å². The normalized spacial score (nSPS) is 17.8. The number of rotatable bonds is 5. The summed E-state index contributed by atoms with van der Waals surface area (Å²) >= 11 is 1.55. The van der Waals surface area contributed by atoms with Gasteiger partial charge >= 0.3 is 12.0 Å². The Bertz CT molecular complexity index is 442. The number of nitrogens with one attached hydrogen (secondary N) is 2. The number of hydrogen-bond acceptors (Lipinski definition) is 3. The van der Waals surface area contributed by atoms with Gasteiger partial charge in [0.25, 0.3) is 0 Å². The molecule has 2 amide bonds. The predicted octanol–water partition coefficient (Wildman–Crippen LogP) is 1.80. The molecule has 1 fully saturated rings. The Morgan fingerprint density at radius 3 is 2.78 bits per heavy atom. The first-order valence-corrected chi connectivity index (χ1v) is 6.72. The van der Waals surface area contributed by atoms with Crippen molar-refractivity contribution in [2.75, 3.05) is 0 Å². The van der Waals surface area contributed by atoms with Crippen molar-refractivity contribution in [3.63, 3.8) is 0 Å². The zero-order chi connectivity index (χ0) is 13.2. The molecule has 2 rings (SSSR count). The number of thiophene rings is 1. The van der Waals surface area contributed by atoms with Gasteiger partial charge in [0.05, 0.1) is 6.54 Å². The minimum Gasteiger partial charge on any atom is -0.480 e. The first kappa shape index (κ1) is 12.9. The second kappa shape index (κ2) is 4.97. The number of carboxylic acid groups (broad SMARTS) is 1. The molecule has 3 N–H and O–H groups in total. The Hall–Kier alpha value is -1.56. The maximum Gasteiger partial charge on any atom is 0.329 e. The number of urea groups is 1. The zero-order valence-corrected chi connectivity index (χ0v) is 10.9. The van der Waals surface area contributed by atoms with Crippen LogP contribution in [0.5, 0.6) is 0 Å². The maximum absolute atomic E-state index is 11.7. The van der Waals surface area contributed by atoms with E-state index in [-0.39, 0.29) is 5.92 Å². The van der Waals surface area contributed by atoms with Crippen molar-refractivity contribution in [2.24, 2.45) is 5.92 Å². The van der Waals surface area contributed by atoms with Crippen LogP contribution in [0, 0.1) is 5.92 Å². The van der Waals surface area contributed by atoms with Crippen LogP contribution in [0.15, 0.2) is 17.5 Å². The van der Waals surface area contributed by atoms with Gasteiger partial charge in [-0.25, -0.2) is 9.59 Å². The van der Waals surface area contributed by atoms with Crippen molar-refractivity contribution >= 4 is 23.3 Å². The molecule has 5 nitrogen and oxygen atoms in total. The molecule has 1 saturated carbocycles. The lowest BCUT2D eigenvalue weighted by atomic mass is 9.96. The molecule has 18 heavy (non-hydrogen) atoms. The van der Waals surface area contributed by atoms with E-state index in [9.17, 15) is 14.7 Å². The second-order valence-corrected chi connectivity index (χ2v) is 5.70. The van der Waals surface area contributed by atoms with E-state index in [0.29, 0.717) is 6.54 Å². The highest BCUT2D eigenvalue weighted by Crippen LogP contribution is 2.39. The third kappa shape index (κ3) is 2.81. The molecule has 98 valence electrons. The molecule has 0 saturated heterocycles. The van der Waals surface area contributed by atoms with Gasteiger partial charge in [-0.2, -0.15) is 0 Å². The van der Waals surface area contributed by atoms with Crippen LogP contribution in [0.4, 0.5) is 4.79 Å². The SMILES string of the molecule is CC(NC(=O)NCc1cccs1)(C(=O)O)C1CC1. The van der Waals surface area contributed by atoms with E-state index >= 15 is 0 Å². The van der Waals surface area contributed by atoms with Crippen LogP contribution in [0.25, 0.3) is 0 Å². The first-order valence-electron chi connectivity index (χ1n) is 5.84. The Balaban J connectivity index is 1.87. The van der Waals surface area contributed by atoms with Crippen LogP contribution in [0.2, 0.25) is 0 Å². The lowest BCUT2D eigenvalue weighted by molar-refractivity contribution is -0.144. The summed E-state index contributed by atoms with van der Waals surface area (Å²) in [6, 6.07) is 3.40. The summed E-state index contributed by atoms with van der Waals surface area (Å²) in [5.41, 5.74) is -1.15. The van der Waals surface area contributed by atoms with Gasteiger partial charge in [0.1, 0.15) is 5.54 Å². The predicted molar refractivity (Wildman–Crippen MR) is 68.5 cm³/mol. The minimum atomic E-state index is -1.15. The van der Waals surface area contributed by atoms with E-state index in [0.717, 1.165) is 17.7 Å². The van der Waals surface area contributed by atoms with Crippen LogP contribution in [-0.4, -0.2) is 22.6 Å². The first-order chi connectivity index (χ1) is 8.52. The fourth-order valence-corrected chi connectivity index (χ4v) is 2.50. The highest BCUT2D eigenvalue weighted by molar-refractivity contribution is 7.09. The van der Waals surface area contributed by atoms with Crippen molar-refractivity contribution in [3.05, 3.63) is 22.4 Å². The average molecular weight is 268 g/mol. The molecule has 0 aromatic carbocycles. The molecule has 1 aromatic heterocycles. The minimum absolute atomic E-state index is 0.0440. The fourth-order valence-electron chi connectivity index (χ4n) is 1.85. The largest absolute Gasteiger partial charge is 0.480 e. The fraction of sp³-hybridized carbons (Fsp3) is 0.500. The van der Waals surface area contributed by atoms with Crippen LogP contribution in [-0.2, 0) is 11.3 Å². The summed E-state index contributed by atoms with van der Waals surface area (Å²) in [5, 5.41) is 16.4. The maximum atomic E-state index is 11.7. The van der Waals surface area contributed by atoms with Crippen molar-refractivity contribution in [3.8, 4) is 0 Å². The molecule has 1 unspecified atom stereocenters. The summed E-state index contributed by atoms with van der Waals surface area (Å²) in [4.78, 5) is 24.0. The van der Waals surface area contributed by atoms with E-state index in [1.807, 2.05) is 17.5 Å². The van der Waals surface area contributed by atoms with Gasteiger partial charge in [-0.15, -0.1) is 11.3 Å². The summed E-state index contributed by atoms with van der Waals surface area (Å²) in [5.74, 6) is -0.932. The number of amides is 2. The number of aliphatic carboxylic acids is 1. The quantitative estimate of drug-likeness (QED) is 0.762. The molecule has 6 heteroatoms. The number of carboxylic acids is 1. The monoisotopic (exact) mass is 268 g/mol. The number of carbonyl (C=O) groups excluding carboxylic acids is 1. The molecule has 1 atom stereocenters. The van der Waals surface area contributed by atoms with Gasteiger partial charge < -0.3 is 15.7 Å². The van der Waals surface area contributed by atoms with Crippen LogP contribution < -0.4 is 10.6 Å². The second-order valence-electron chi connectivity index (χ2n) is 4.67. The van der Waals surface area contributed by atoms with Gasteiger partial charge in [0.2, 0.25) is 0 Å². The Kier molecular flexibility index (Phi) is 3.56. The molecule has 1 aliphatic rings. The van der Waals surface area contributed by atoms with Gasteiger partial charge in [-0.05, 0) is 37.1 Å².